The summed E-state index contributed by atoms with van der Waals surface area (Å²) < 4.78 is 47.1. The Balaban J connectivity index is 3.06. The van der Waals surface area contributed by atoms with Crippen molar-refractivity contribution in [3.63, 3.8) is 0 Å². The number of benzene rings is 1. The van der Waals surface area contributed by atoms with Gasteiger partial charge >= 0.3 is 0 Å². The molecule has 0 amide bonds. The first kappa shape index (κ1) is 17.1. The molecule has 114 valence electrons. The molecule has 1 atom stereocenters. The van der Waals surface area contributed by atoms with E-state index in [9.17, 15) is 16.8 Å². The summed E-state index contributed by atoms with van der Waals surface area (Å²) in [7, 11) is -6.86. The SMILES string of the molecule is CC(C)(C)C(N)CS(=O)(=O)c1ccc(S(C)(=O)=O)cc1. The van der Waals surface area contributed by atoms with Gasteiger partial charge in [-0.25, -0.2) is 16.8 Å². The van der Waals surface area contributed by atoms with Crippen LogP contribution in [0.15, 0.2) is 34.1 Å². The van der Waals surface area contributed by atoms with Gasteiger partial charge in [-0.3, -0.25) is 0 Å². The molecule has 1 aromatic rings. The molecule has 1 aromatic carbocycles. The lowest BCUT2D eigenvalue weighted by Gasteiger charge is -2.26. The number of nitrogens with two attached hydrogens (primary N) is 1. The van der Waals surface area contributed by atoms with Crippen LogP contribution in [-0.2, 0) is 19.7 Å². The largest absolute Gasteiger partial charge is 0.326 e. The maximum Gasteiger partial charge on any atom is 0.179 e. The van der Waals surface area contributed by atoms with E-state index in [2.05, 4.69) is 0 Å². The lowest BCUT2D eigenvalue weighted by Crippen LogP contribution is -2.41. The standard InChI is InChI=1S/C13H21NO4S2/c1-13(2,3)12(14)9-20(17,18)11-7-5-10(6-8-11)19(4,15)16/h5-8,12H,9,14H2,1-4H3. The van der Waals surface area contributed by atoms with E-state index in [1.807, 2.05) is 20.8 Å². The first-order chi connectivity index (χ1) is 8.84. The average Bonchev–Trinajstić information content (AvgIpc) is 2.26. The molecule has 1 rings (SSSR count). The molecule has 0 bridgehead atoms. The third-order valence-electron chi connectivity index (χ3n) is 3.12. The number of hydrogen-bond donors (Lipinski definition) is 1. The van der Waals surface area contributed by atoms with Gasteiger partial charge in [-0.1, -0.05) is 20.8 Å². The Morgan fingerprint density at radius 3 is 1.75 bits per heavy atom. The molecule has 0 fully saturated rings. The molecule has 20 heavy (non-hydrogen) atoms. The highest BCUT2D eigenvalue weighted by atomic mass is 32.2. The van der Waals surface area contributed by atoms with Gasteiger partial charge in [0.1, 0.15) is 0 Å². The molecule has 5 nitrogen and oxygen atoms in total. The summed E-state index contributed by atoms with van der Waals surface area (Å²) in [6.07, 6.45) is 1.08. The fraction of sp³-hybridized carbons (Fsp3) is 0.538. The molecule has 0 aliphatic carbocycles. The smallest absolute Gasteiger partial charge is 0.179 e. The normalized spacial score (nSPS) is 15.1. The predicted molar refractivity (Wildman–Crippen MR) is 79.0 cm³/mol. The second-order valence-corrected chi connectivity index (χ2v) is 10.0. The highest BCUT2D eigenvalue weighted by molar-refractivity contribution is 7.91. The second kappa shape index (κ2) is 5.46. The monoisotopic (exact) mass is 319 g/mol. The van der Waals surface area contributed by atoms with Crippen LogP contribution in [0.1, 0.15) is 20.8 Å². The zero-order valence-corrected chi connectivity index (χ0v) is 13.8. The summed E-state index contributed by atoms with van der Waals surface area (Å²) in [6, 6.07) is 4.71. The van der Waals surface area contributed by atoms with Crippen LogP contribution in [-0.4, -0.2) is 34.9 Å². The van der Waals surface area contributed by atoms with Crippen LogP contribution in [0.2, 0.25) is 0 Å². The van der Waals surface area contributed by atoms with Crippen LogP contribution >= 0.6 is 0 Å². The van der Waals surface area contributed by atoms with Gasteiger partial charge < -0.3 is 5.73 Å². The van der Waals surface area contributed by atoms with Gasteiger partial charge in [0.2, 0.25) is 0 Å². The lowest BCUT2D eigenvalue weighted by molar-refractivity contribution is 0.340. The molecule has 0 heterocycles. The summed E-state index contributed by atoms with van der Waals surface area (Å²) in [5.41, 5.74) is 5.58. The van der Waals surface area contributed by atoms with Crippen LogP contribution in [0.4, 0.5) is 0 Å². The van der Waals surface area contributed by atoms with Crippen molar-refractivity contribution in [3.8, 4) is 0 Å². The molecule has 0 spiro atoms. The number of sulfone groups is 2. The second-order valence-electron chi connectivity index (χ2n) is 6.00. The Morgan fingerprint density at radius 1 is 1.00 bits per heavy atom. The van der Waals surface area contributed by atoms with E-state index >= 15 is 0 Å². The van der Waals surface area contributed by atoms with E-state index in [0.29, 0.717) is 0 Å². The zero-order chi connectivity index (χ0) is 15.8. The number of rotatable bonds is 4. The fourth-order valence-corrected chi connectivity index (χ4v) is 3.82. The van der Waals surface area contributed by atoms with Gasteiger partial charge in [0, 0.05) is 12.3 Å². The van der Waals surface area contributed by atoms with E-state index in [-0.39, 0.29) is 21.0 Å². The Hall–Kier alpha value is -0.920. The Morgan fingerprint density at radius 2 is 1.40 bits per heavy atom. The van der Waals surface area contributed by atoms with Crippen molar-refractivity contribution in [3.05, 3.63) is 24.3 Å². The number of hydrogen-bond acceptors (Lipinski definition) is 5. The van der Waals surface area contributed by atoms with E-state index < -0.39 is 25.7 Å². The highest BCUT2D eigenvalue weighted by Gasteiger charge is 2.27. The van der Waals surface area contributed by atoms with E-state index in [1.54, 1.807) is 0 Å². The van der Waals surface area contributed by atoms with Crippen molar-refractivity contribution >= 4 is 19.7 Å². The van der Waals surface area contributed by atoms with Crippen molar-refractivity contribution in [2.45, 2.75) is 36.6 Å². The quantitative estimate of drug-likeness (QED) is 0.901. The molecule has 2 N–H and O–H groups in total. The fourth-order valence-electron chi connectivity index (χ4n) is 1.48. The average molecular weight is 319 g/mol. The predicted octanol–water partition coefficient (Wildman–Crippen LogP) is 1.24. The minimum atomic E-state index is -3.52. The van der Waals surface area contributed by atoms with Gasteiger partial charge in [0.25, 0.3) is 0 Å². The summed E-state index contributed by atoms with van der Waals surface area (Å²) in [4.78, 5) is 0.182. The highest BCUT2D eigenvalue weighted by Crippen LogP contribution is 2.22. The molecule has 0 saturated heterocycles. The van der Waals surface area contributed by atoms with Crippen LogP contribution in [0.25, 0.3) is 0 Å². The first-order valence-electron chi connectivity index (χ1n) is 6.12. The third kappa shape index (κ3) is 4.29. The van der Waals surface area contributed by atoms with E-state index in [0.717, 1.165) is 6.26 Å². The molecule has 0 aliphatic rings. The third-order valence-corrected chi connectivity index (χ3v) is 6.04. The van der Waals surface area contributed by atoms with Crippen molar-refractivity contribution in [2.75, 3.05) is 12.0 Å². The van der Waals surface area contributed by atoms with Gasteiger partial charge in [-0.2, -0.15) is 0 Å². The minimum Gasteiger partial charge on any atom is -0.326 e. The molecule has 0 saturated carbocycles. The molecule has 7 heteroatoms. The van der Waals surface area contributed by atoms with Gasteiger partial charge in [-0.05, 0) is 29.7 Å². The van der Waals surface area contributed by atoms with Gasteiger partial charge in [-0.15, -0.1) is 0 Å². The molecule has 0 aromatic heterocycles. The molecular weight excluding hydrogens is 298 g/mol. The maximum atomic E-state index is 12.2. The van der Waals surface area contributed by atoms with Crippen LogP contribution in [0.3, 0.4) is 0 Å². The minimum absolute atomic E-state index is 0.0876. The van der Waals surface area contributed by atoms with Crippen molar-refractivity contribution in [1.29, 1.82) is 0 Å². The Bertz CT molecular complexity index is 668. The summed E-state index contributed by atoms with van der Waals surface area (Å²) in [6.45, 7) is 5.62. The van der Waals surface area contributed by atoms with Crippen molar-refractivity contribution in [1.82, 2.24) is 0 Å². The Kier molecular flexibility index (Phi) is 4.68. The summed E-state index contributed by atoms with van der Waals surface area (Å²) in [5.74, 6) is -0.172. The van der Waals surface area contributed by atoms with Crippen LogP contribution in [0, 0.1) is 5.41 Å². The van der Waals surface area contributed by atoms with Gasteiger partial charge in [0.05, 0.1) is 15.5 Å². The first-order valence-corrected chi connectivity index (χ1v) is 9.67. The topological polar surface area (TPSA) is 94.3 Å². The van der Waals surface area contributed by atoms with Crippen molar-refractivity contribution < 1.29 is 16.8 Å². The molecule has 1 unspecified atom stereocenters. The molecule has 0 aliphatic heterocycles. The van der Waals surface area contributed by atoms with Crippen LogP contribution < -0.4 is 5.73 Å². The van der Waals surface area contributed by atoms with E-state index in [1.165, 1.54) is 24.3 Å². The summed E-state index contributed by atoms with van der Waals surface area (Å²) in [5, 5.41) is 0. The molecule has 0 radical (unpaired) electrons. The van der Waals surface area contributed by atoms with Crippen LogP contribution in [0.5, 0.6) is 0 Å². The zero-order valence-electron chi connectivity index (χ0n) is 12.1. The van der Waals surface area contributed by atoms with Gasteiger partial charge in [0.15, 0.2) is 19.7 Å². The Labute approximate surface area is 121 Å². The lowest BCUT2D eigenvalue weighted by atomic mass is 9.89. The van der Waals surface area contributed by atoms with E-state index in [4.69, 9.17) is 5.73 Å². The molecular formula is C13H21NO4S2. The maximum absolute atomic E-state index is 12.2. The summed E-state index contributed by atoms with van der Waals surface area (Å²) >= 11 is 0. The van der Waals surface area contributed by atoms with Crippen molar-refractivity contribution in [2.24, 2.45) is 11.1 Å².